The number of benzene rings is 1. The zero-order valence-electron chi connectivity index (χ0n) is 12.8. The molecule has 0 radical (unpaired) electrons. The Balaban J connectivity index is 1.82. The van der Waals surface area contributed by atoms with Crippen molar-refractivity contribution in [1.29, 1.82) is 0 Å². The SMILES string of the molecule is C[C@@H]1CN(CCCc2cccc(OC(F)(F)F)c2)CCS1(=O)=O. The Kier molecular flexibility index (Phi) is 5.57. The molecule has 1 aromatic carbocycles. The average molecular weight is 351 g/mol. The van der Waals surface area contributed by atoms with Crippen LogP contribution in [0.3, 0.4) is 0 Å². The first-order valence-corrected chi connectivity index (χ1v) is 9.16. The third kappa shape index (κ3) is 5.69. The lowest BCUT2D eigenvalue weighted by molar-refractivity contribution is -0.274. The van der Waals surface area contributed by atoms with Crippen LogP contribution < -0.4 is 4.74 Å². The summed E-state index contributed by atoms with van der Waals surface area (Å²) in [5.74, 6) is -0.0454. The van der Waals surface area contributed by atoms with Gasteiger partial charge in [-0.05, 0) is 44.0 Å². The van der Waals surface area contributed by atoms with E-state index in [0.29, 0.717) is 19.5 Å². The highest BCUT2D eigenvalue weighted by Crippen LogP contribution is 2.23. The van der Waals surface area contributed by atoms with Gasteiger partial charge < -0.3 is 9.64 Å². The lowest BCUT2D eigenvalue weighted by Crippen LogP contribution is -2.45. The van der Waals surface area contributed by atoms with Gasteiger partial charge in [0.1, 0.15) is 5.75 Å². The van der Waals surface area contributed by atoms with E-state index in [1.54, 1.807) is 13.0 Å². The third-order valence-electron chi connectivity index (χ3n) is 3.89. The monoisotopic (exact) mass is 351 g/mol. The molecule has 23 heavy (non-hydrogen) atoms. The quantitative estimate of drug-likeness (QED) is 0.818. The van der Waals surface area contributed by atoms with E-state index in [1.165, 1.54) is 18.2 Å². The molecule has 1 saturated heterocycles. The zero-order chi connectivity index (χ0) is 17.1. The predicted octanol–water partition coefficient (Wildman–Crippen LogP) is 2.64. The standard InChI is InChI=1S/C15H20F3NO3S/c1-12-11-19(8-9-23(12,20)21)7-3-5-13-4-2-6-14(10-13)22-15(16,17)18/h2,4,6,10,12H,3,5,7-9,11H2,1H3/t12-/m1/s1. The summed E-state index contributed by atoms with van der Waals surface area (Å²) >= 11 is 0. The van der Waals surface area contributed by atoms with E-state index in [2.05, 4.69) is 9.64 Å². The van der Waals surface area contributed by atoms with Crippen molar-refractivity contribution in [3.8, 4) is 5.75 Å². The van der Waals surface area contributed by atoms with Crippen LogP contribution in [0, 0.1) is 0 Å². The fourth-order valence-electron chi connectivity index (χ4n) is 2.63. The molecule has 1 aliphatic heterocycles. The Morgan fingerprint density at radius 2 is 2.09 bits per heavy atom. The van der Waals surface area contributed by atoms with Gasteiger partial charge in [-0.1, -0.05) is 12.1 Å². The molecule has 0 saturated carbocycles. The van der Waals surface area contributed by atoms with E-state index in [-0.39, 0.29) is 16.8 Å². The Morgan fingerprint density at radius 1 is 1.35 bits per heavy atom. The summed E-state index contributed by atoms with van der Waals surface area (Å²) in [6.07, 6.45) is -3.32. The Morgan fingerprint density at radius 3 is 2.74 bits per heavy atom. The molecule has 0 aliphatic carbocycles. The average Bonchev–Trinajstić information content (AvgIpc) is 2.42. The van der Waals surface area contributed by atoms with Crippen LogP contribution in [0.1, 0.15) is 18.9 Å². The van der Waals surface area contributed by atoms with E-state index in [0.717, 1.165) is 18.5 Å². The van der Waals surface area contributed by atoms with Gasteiger partial charge in [0.2, 0.25) is 0 Å². The normalized spacial score (nSPS) is 22.0. The number of alkyl halides is 3. The zero-order valence-corrected chi connectivity index (χ0v) is 13.7. The van der Waals surface area contributed by atoms with Gasteiger partial charge in [0, 0.05) is 13.1 Å². The molecule has 1 aliphatic rings. The van der Waals surface area contributed by atoms with Crippen LogP contribution in [0.25, 0.3) is 0 Å². The number of sulfone groups is 1. The lowest BCUT2D eigenvalue weighted by atomic mass is 10.1. The number of halogens is 3. The van der Waals surface area contributed by atoms with Crippen LogP contribution in [0.2, 0.25) is 0 Å². The molecule has 8 heteroatoms. The van der Waals surface area contributed by atoms with E-state index in [1.807, 2.05) is 0 Å². The van der Waals surface area contributed by atoms with Crippen molar-refractivity contribution < 1.29 is 26.3 Å². The van der Waals surface area contributed by atoms with Gasteiger partial charge in [-0.2, -0.15) is 0 Å². The molecule has 1 heterocycles. The summed E-state index contributed by atoms with van der Waals surface area (Å²) in [5, 5.41) is -0.361. The molecule has 0 amide bonds. The maximum Gasteiger partial charge on any atom is 0.573 e. The van der Waals surface area contributed by atoms with Crippen LogP contribution in [-0.2, 0) is 16.3 Å². The number of hydrogen-bond acceptors (Lipinski definition) is 4. The molecule has 1 aromatic rings. The van der Waals surface area contributed by atoms with Gasteiger partial charge in [-0.25, -0.2) is 8.42 Å². The molecule has 1 atom stereocenters. The first-order chi connectivity index (χ1) is 10.7. The second-order valence-corrected chi connectivity index (χ2v) is 8.32. The number of ether oxygens (including phenoxy) is 1. The number of rotatable bonds is 5. The van der Waals surface area contributed by atoms with Crippen molar-refractivity contribution in [2.45, 2.75) is 31.4 Å². The maximum atomic E-state index is 12.2. The van der Waals surface area contributed by atoms with Gasteiger partial charge in [0.05, 0.1) is 11.0 Å². The summed E-state index contributed by atoms with van der Waals surface area (Å²) in [6, 6.07) is 5.95. The molecule has 0 spiro atoms. The van der Waals surface area contributed by atoms with Gasteiger partial charge >= 0.3 is 6.36 Å². The Hall–Kier alpha value is -1.28. The van der Waals surface area contributed by atoms with Crippen LogP contribution in [0.4, 0.5) is 13.2 Å². The van der Waals surface area contributed by atoms with Crippen molar-refractivity contribution in [1.82, 2.24) is 4.90 Å². The number of aryl methyl sites for hydroxylation is 1. The number of hydrogen-bond donors (Lipinski definition) is 0. The summed E-state index contributed by atoms with van der Waals surface area (Å²) in [7, 11) is -2.96. The largest absolute Gasteiger partial charge is 0.573 e. The fourth-order valence-corrected chi connectivity index (χ4v) is 3.99. The first-order valence-electron chi connectivity index (χ1n) is 7.44. The molecule has 0 bridgehead atoms. The lowest BCUT2D eigenvalue weighted by Gasteiger charge is -2.30. The predicted molar refractivity (Wildman–Crippen MR) is 81.1 cm³/mol. The molecule has 0 N–H and O–H groups in total. The first kappa shape index (κ1) is 18.1. The molecule has 0 unspecified atom stereocenters. The Labute approximate surface area is 134 Å². The Bertz CT molecular complexity index is 631. The van der Waals surface area contributed by atoms with E-state index in [9.17, 15) is 21.6 Å². The minimum Gasteiger partial charge on any atom is -0.406 e. The van der Waals surface area contributed by atoms with Gasteiger partial charge in [0.25, 0.3) is 0 Å². The molecule has 130 valence electrons. The van der Waals surface area contributed by atoms with Crippen LogP contribution in [0.5, 0.6) is 5.75 Å². The van der Waals surface area contributed by atoms with Gasteiger partial charge in [-0.3, -0.25) is 0 Å². The van der Waals surface area contributed by atoms with Crippen molar-refractivity contribution in [3.63, 3.8) is 0 Å². The van der Waals surface area contributed by atoms with E-state index >= 15 is 0 Å². The second-order valence-electron chi connectivity index (χ2n) is 5.78. The van der Waals surface area contributed by atoms with Crippen LogP contribution in [0.15, 0.2) is 24.3 Å². The summed E-state index contributed by atoms with van der Waals surface area (Å²) in [6.45, 7) is 3.47. The minimum atomic E-state index is -4.69. The molecule has 4 nitrogen and oxygen atoms in total. The summed E-state index contributed by atoms with van der Waals surface area (Å²) < 4.78 is 63.7. The minimum absolute atomic E-state index is 0.170. The molecule has 2 rings (SSSR count). The smallest absolute Gasteiger partial charge is 0.406 e. The molecule has 1 fully saturated rings. The van der Waals surface area contributed by atoms with Gasteiger partial charge in [-0.15, -0.1) is 13.2 Å². The third-order valence-corrected chi connectivity index (χ3v) is 6.02. The topological polar surface area (TPSA) is 46.6 Å². The van der Waals surface area contributed by atoms with Gasteiger partial charge in [0.15, 0.2) is 9.84 Å². The van der Waals surface area contributed by atoms with E-state index in [4.69, 9.17) is 0 Å². The van der Waals surface area contributed by atoms with Crippen molar-refractivity contribution in [2.24, 2.45) is 0 Å². The molecular formula is C15H20F3NO3S. The van der Waals surface area contributed by atoms with Crippen molar-refractivity contribution >= 4 is 9.84 Å². The van der Waals surface area contributed by atoms with Crippen molar-refractivity contribution in [2.75, 3.05) is 25.4 Å². The summed E-state index contributed by atoms with van der Waals surface area (Å²) in [5.41, 5.74) is 0.768. The highest BCUT2D eigenvalue weighted by atomic mass is 32.2. The molecule has 0 aromatic heterocycles. The highest BCUT2D eigenvalue weighted by molar-refractivity contribution is 7.92. The second kappa shape index (κ2) is 7.09. The van der Waals surface area contributed by atoms with E-state index < -0.39 is 16.2 Å². The fraction of sp³-hybridized carbons (Fsp3) is 0.600. The molecular weight excluding hydrogens is 331 g/mol. The van der Waals surface area contributed by atoms with Crippen LogP contribution >= 0.6 is 0 Å². The number of nitrogens with zero attached hydrogens (tertiary/aromatic N) is 1. The highest BCUT2D eigenvalue weighted by Gasteiger charge is 2.31. The van der Waals surface area contributed by atoms with Crippen LogP contribution in [-0.4, -0.2) is 50.3 Å². The maximum absolute atomic E-state index is 12.2. The summed E-state index contributed by atoms with van der Waals surface area (Å²) in [4.78, 5) is 2.09. The van der Waals surface area contributed by atoms with Crippen molar-refractivity contribution in [3.05, 3.63) is 29.8 Å².